The first-order valence-electron chi connectivity index (χ1n) is 8.26. The van der Waals surface area contributed by atoms with Crippen LogP contribution in [0.5, 0.6) is 5.75 Å². The van der Waals surface area contributed by atoms with Gasteiger partial charge in [-0.3, -0.25) is 4.90 Å². The maximum atomic E-state index is 5.24. The number of ether oxygens (including phenoxy) is 1. The van der Waals surface area contributed by atoms with Crippen molar-refractivity contribution in [1.29, 1.82) is 0 Å². The van der Waals surface area contributed by atoms with E-state index in [1.54, 1.807) is 7.11 Å². The topological polar surface area (TPSA) is 15.7 Å². The molecule has 1 fully saturated rings. The monoisotopic (exact) mass is 310 g/mol. The first kappa shape index (κ1) is 15.9. The average Bonchev–Trinajstić information content (AvgIpc) is 2.55. The van der Waals surface area contributed by atoms with Gasteiger partial charge < -0.3 is 9.64 Å². The second-order valence-corrected chi connectivity index (χ2v) is 6.86. The Balaban J connectivity index is 1.67. The molecule has 2 aromatic carbocycles. The minimum Gasteiger partial charge on any atom is -0.497 e. The Morgan fingerprint density at radius 3 is 2.26 bits per heavy atom. The zero-order valence-corrected chi connectivity index (χ0v) is 14.3. The molecule has 1 saturated heterocycles. The molecule has 3 rings (SSSR count). The molecule has 2 aromatic rings. The molecule has 1 heterocycles. The smallest absolute Gasteiger partial charge is 0.118 e. The van der Waals surface area contributed by atoms with E-state index in [0.29, 0.717) is 0 Å². The van der Waals surface area contributed by atoms with Gasteiger partial charge in [0.2, 0.25) is 0 Å². The number of piperazine rings is 1. The average molecular weight is 310 g/mol. The standard InChI is InChI=1S/C20H26N2O/c1-20(2)16-21(15-17-9-11-19(23-3)12-10-17)13-14-22(20)18-7-5-4-6-8-18/h4-12H,13-16H2,1-3H3. The molecule has 0 bridgehead atoms. The number of hydrogen-bond acceptors (Lipinski definition) is 3. The molecular formula is C20H26N2O. The third kappa shape index (κ3) is 3.67. The number of anilines is 1. The van der Waals surface area contributed by atoms with Crippen LogP contribution in [0.4, 0.5) is 5.69 Å². The lowest BCUT2D eigenvalue weighted by Crippen LogP contribution is -2.59. The second kappa shape index (κ2) is 6.63. The van der Waals surface area contributed by atoms with Crippen molar-refractivity contribution in [2.45, 2.75) is 25.9 Å². The first-order valence-corrected chi connectivity index (χ1v) is 8.26. The molecule has 3 heteroatoms. The van der Waals surface area contributed by atoms with Crippen molar-refractivity contribution in [3.63, 3.8) is 0 Å². The number of rotatable bonds is 4. The predicted octanol–water partition coefficient (Wildman–Crippen LogP) is 3.80. The Morgan fingerprint density at radius 2 is 1.65 bits per heavy atom. The number of para-hydroxylation sites is 1. The number of benzene rings is 2. The highest BCUT2D eigenvalue weighted by molar-refractivity contribution is 5.49. The fourth-order valence-electron chi connectivity index (χ4n) is 3.47. The van der Waals surface area contributed by atoms with E-state index in [1.807, 2.05) is 12.1 Å². The first-order chi connectivity index (χ1) is 11.1. The summed E-state index contributed by atoms with van der Waals surface area (Å²) in [4.78, 5) is 5.07. The van der Waals surface area contributed by atoms with Gasteiger partial charge in [-0.15, -0.1) is 0 Å². The number of hydrogen-bond donors (Lipinski definition) is 0. The molecule has 0 aromatic heterocycles. The maximum Gasteiger partial charge on any atom is 0.118 e. The van der Waals surface area contributed by atoms with E-state index < -0.39 is 0 Å². The lowest BCUT2D eigenvalue weighted by atomic mass is 9.97. The third-order valence-electron chi connectivity index (χ3n) is 4.61. The van der Waals surface area contributed by atoms with Gasteiger partial charge in [0.15, 0.2) is 0 Å². The minimum absolute atomic E-state index is 0.131. The van der Waals surface area contributed by atoms with Gasteiger partial charge >= 0.3 is 0 Å². The SMILES string of the molecule is COc1ccc(CN2CCN(c3ccccc3)C(C)(C)C2)cc1. The molecule has 0 atom stereocenters. The molecule has 0 aliphatic carbocycles. The highest BCUT2D eigenvalue weighted by Gasteiger charge is 2.33. The van der Waals surface area contributed by atoms with Crippen LogP contribution in [-0.2, 0) is 6.54 Å². The van der Waals surface area contributed by atoms with Gasteiger partial charge in [0.05, 0.1) is 7.11 Å². The summed E-state index contributed by atoms with van der Waals surface area (Å²) >= 11 is 0. The summed E-state index contributed by atoms with van der Waals surface area (Å²) < 4.78 is 5.24. The molecular weight excluding hydrogens is 284 g/mol. The van der Waals surface area contributed by atoms with Crippen molar-refractivity contribution in [1.82, 2.24) is 4.90 Å². The van der Waals surface area contributed by atoms with Gasteiger partial charge in [-0.05, 0) is 43.7 Å². The van der Waals surface area contributed by atoms with Crippen LogP contribution in [0.25, 0.3) is 0 Å². The van der Waals surface area contributed by atoms with Crippen molar-refractivity contribution in [2.75, 3.05) is 31.6 Å². The fourth-order valence-corrected chi connectivity index (χ4v) is 3.47. The fraction of sp³-hybridized carbons (Fsp3) is 0.400. The van der Waals surface area contributed by atoms with Gasteiger partial charge in [0, 0.05) is 37.4 Å². The van der Waals surface area contributed by atoms with E-state index in [4.69, 9.17) is 4.74 Å². The molecule has 23 heavy (non-hydrogen) atoms. The highest BCUT2D eigenvalue weighted by Crippen LogP contribution is 2.28. The maximum absolute atomic E-state index is 5.24. The molecule has 3 nitrogen and oxygen atoms in total. The third-order valence-corrected chi connectivity index (χ3v) is 4.61. The van der Waals surface area contributed by atoms with Gasteiger partial charge in [0.25, 0.3) is 0 Å². The van der Waals surface area contributed by atoms with E-state index >= 15 is 0 Å². The van der Waals surface area contributed by atoms with Crippen LogP contribution in [0.15, 0.2) is 54.6 Å². The zero-order chi connectivity index (χ0) is 16.3. The summed E-state index contributed by atoms with van der Waals surface area (Å²) in [5, 5.41) is 0. The van der Waals surface area contributed by atoms with Crippen molar-refractivity contribution >= 4 is 5.69 Å². The van der Waals surface area contributed by atoms with Gasteiger partial charge in [-0.1, -0.05) is 30.3 Å². The summed E-state index contributed by atoms with van der Waals surface area (Å²) in [7, 11) is 1.71. The van der Waals surface area contributed by atoms with Gasteiger partial charge in [-0.2, -0.15) is 0 Å². The van der Waals surface area contributed by atoms with E-state index in [-0.39, 0.29) is 5.54 Å². The summed E-state index contributed by atoms with van der Waals surface area (Å²) in [6.07, 6.45) is 0. The van der Waals surface area contributed by atoms with E-state index in [0.717, 1.165) is 31.9 Å². The molecule has 0 radical (unpaired) electrons. The summed E-state index contributed by atoms with van der Waals surface area (Å²) in [5.41, 5.74) is 2.79. The van der Waals surface area contributed by atoms with Crippen molar-refractivity contribution in [3.05, 3.63) is 60.2 Å². The predicted molar refractivity (Wildman–Crippen MR) is 96.1 cm³/mol. The lowest BCUT2D eigenvalue weighted by Gasteiger charge is -2.48. The molecule has 0 spiro atoms. The van der Waals surface area contributed by atoms with Crippen LogP contribution in [0.1, 0.15) is 19.4 Å². The van der Waals surface area contributed by atoms with Crippen LogP contribution >= 0.6 is 0 Å². The summed E-state index contributed by atoms with van der Waals surface area (Å²) in [6.45, 7) is 8.88. The molecule has 1 aliphatic rings. The molecule has 0 unspecified atom stereocenters. The Bertz CT molecular complexity index is 622. The van der Waals surface area contributed by atoms with Crippen LogP contribution in [0, 0.1) is 0 Å². The molecule has 122 valence electrons. The van der Waals surface area contributed by atoms with Gasteiger partial charge in [0.1, 0.15) is 5.75 Å². The van der Waals surface area contributed by atoms with Crippen molar-refractivity contribution in [3.8, 4) is 5.75 Å². The Labute approximate surface area is 139 Å². The van der Waals surface area contributed by atoms with Crippen molar-refractivity contribution in [2.24, 2.45) is 0 Å². The van der Waals surface area contributed by atoms with Crippen LogP contribution < -0.4 is 9.64 Å². The zero-order valence-electron chi connectivity index (χ0n) is 14.3. The summed E-state index contributed by atoms with van der Waals surface area (Å²) in [6, 6.07) is 19.1. The lowest BCUT2D eigenvalue weighted by molar-refractivity contribution is 0.176. The second-order valence-electron chi connectivity index (χ2n) is 6.86. The minimum atomic E-state index is 0.131. The Morgan fingerprint density at radius 1 is 0.957 bits per heavy atom. The number of methoxy groups -OCH3 is 1. The summed E-state index contributed by atoms with van der Waals surface area (Å²) in [5.74, 6) is 0.919. The molecule has 0 amide bonds. The highest BCUT2D eigenvalue weighted by atomic mass is 16.5. The molecule has 1 aliphatic heterocycles. The van der Waals surface area contributed by atoms with Gasteiger partial charge in [-0.25, -0.2) is 0 Å². The molecule has 0 saturated carbocycles. The Kier molecular flexibility index (Phi) is 4.58. The van der Waals surface area contributed by atoms with Crippen LogP contribution in [0.3, 0.4) is 0 Å². The normalized spacial score (nSPS) is 18.0. The largest absolute Gasteiger partial charge is 0.497 e. The quantitative estimate of drug-likeness (QED) is 0.854. The Hall–Kier alpha value is -2.00. The number of nitrogens with zero attached hydrogens (tertiary/aromatic N) is 2. The van der Waals surface area contributed by atoms with E-state index in [2.05, 4.69) is 66.1 Å². The molecule has 0 N–H and O–H groups in total. The van der Waals surface area contributed by atoms with E-state index in [9.17, 15) is 0 Å². The van der Waals surface area contributed by atoms with Crippen LogP contribution in [0.2, 0.25) is 0 Å². The van der Waals surface area contributed by atoms with E-state index in [1.165, 1.54) is 11.3 Å². The van der Waals surface area contributed by atoms with Crippen LogP contribution in [-0.4, -0.2) is 37.2 Å². The van der Waals surface area contributed by atoms with Crippen molar-refractivity contribution < 1.29 is 4.74 Å².